The summed E-state index contributed by atoms with van der Waals surface area (Å²) in [4.78, 5) is 0. The second kappa shape index (κ2) is 24.2. The Morgan fingerprint density at radius 3 is 1.03 bits per heavy atom. The molecule has 0 aromatic carbocycles. The Hall–Kier alpha value is -0.120. The third-order valence-electron chi connectivity index (χ3n) is 7.73. The van der Waals surface area contributed by atoms with Crippen molar-refractivity contribution in [1.29, 1.82) is 0 Å². The highest BCUT2D eigenvalue weighted by atomic mass is 16.7. The summed E-state index contributed by atoms with van der Waals surface area (Å²) in [6, 6.07) is 0. The van der Waals surface area contributed by atoms with Gasteiger partial charge in [0.2, 0.25) is 5.91 Å². The Bertz CT molecular complexity index is 398. The summed E-state index contributed by atoms with van der Waals surface area (Å²) in [5.41, 5.74) is 6.63. The highest BCUT2D eigenvalue weighted by Crippen LogP contribution is 2.36. The van der Waals surface area contributed by atoms with Crippen molar-refractivity contribution in [2.24, 2.45) is 11.1 Å². The summed E-state index contributed by atoms with van der Waals surface area (Å²) < 4.78 is 12.6. The van der Waals surface area contributed by atoms with Crippen molar-refractivity contribution >= 4 is 0 Å². The Balaban J connectivity index is 4.13. The Kier molecular flexibility index (Phi) is 24.1. The van der Waals surface area contributed by atoms with Gasteiger partial charge in [-0.3, -0.25) is 5.73 Å². The highest BCUT2D eigenvalue weighted by molar-refractivity contribution is 4.83. The Morgan fingerprint density at radius 1 is 0.429 bits per heavy atom. The summed E-state index contributed by atoms with van der Waals surface area (Å²) in [5, 5.41) is 0. The van der Waals surface area contributed by atoms with Gasteiger partial charge in [-0.2, -0.15) is 0 Å². The minimum atomic E-state index is -0.972. The lowest BCUT2D eigenvalue weighted by atomic mass is 9.83. The lowest BCUT2D eigenvalue weighted by Gasteiger charge is -2.43. The number of hydrogen-bond acceptors (Lipinski definition) is 3. The van der Waals surface area contributed by atoms with Crippen LogP contribution in [0, 0.1) is 5.41 Å². The maximum Gasteiger partial charge on any atom is 0.230 e. The third kappa shape index (κ3) is 19.6. The van der Waals surface area contributed by atoms with E-state index in [9.17, 15) is 0 Å². The van der Waals surface area contributed by atoms with Gasteiger partial charge in [0, 0.05) is 5.41 Å². The van der Waals surface area contributed by atoms with E-state index in [-0.39, 0.29) is 5.41 Å². The van der Waals surface area contributed by atoms with Crippen LogP contribution in [0.2, 0.25) is 0 Å². The fraction of sp³-hybridized carbons (Fsp3) is 1.00. The van der Waals surface area contributed by atoms with Gasteiger partial charge in [-0.25, -0.2) is 0 Å². The van der Waals surface area contributed by atoms with Crippen LogP contribution < -0.4 is 5.73 Å². The predicted octanol–water partition coefficient (Wildman–Crippen LogP) is 10.7. The normalized spacial score (nSPS) is 12.5. The smallest absolute Gasteiger partial charge is 0.230 e. The molecule has 0 radical (unpaired) electrons. The quantitative estimate of drug-likeness (QED) is 0.0863. The summed E-state index contributed by atoms with van der Waals surface area (Å²) in [7, 11) is 0. The molecule has 0 amide bonds. The molecule has 3 nitrogen and oxygen atoms in total. The van der Waals surface area contributed by atoms with Crippen molar-refractivity contribution in [3.63, 3.8) is 0 Å². The first-order valence-corrected chi connectivity index (χ1v) is 16.0. The topological polar surface area (TPSA) is 44.5 Å². The molecule has 0 saturated carbocycles. The van der Waals surface area contributed by atoms with Crippen molar-refractivity contribution < 1.29 is 9.47 Å². The van der Waals surface area contributed by atoms with Crippen LogP contribution in [0.3, 0.4) is 0 Å². The van der Waals surface area contributed by atoms with Gasteiger partial charge >= 0.3 is 0 Å². The van der Waals surface area contributed by atoms with Gasteiger partial charge in [-0.1, -0.05) is 163 Å². The number of ether oxygens (including phenoxy) is 2. The molecule has 0 aliphatic carbocycles. The van der Waals surface area contributed by atoms with E-state index < -0.39 is 5.91 Å². The molecule has 0 aliphatic heterocycles. The second-order valence-corrected chi connectivity index (χ2v) is 11.7. The monoisotopic (exact) mass is 498 g/mol. The van der Waals surface area contributed by atoms with E-state index in [4.69, 9.17) is 15.2 Å². The van der Waals surface area contributed by atoms with E-state index in [1.807, 2.05) is 0 Å². The van der Waals surface area contributed by atoms with Crippen molar-refractivity contribution in [1.82, 2.24) is 0 Å². The van der Waals surface area contributed by atoms with Crippen LogP contribution in [0.15, 0.2) is 0 Å². The second-order valence-electron chi connectivity index (χ2n) is 11.7. The molecule has 0 fully saturated rings. The maximum absolute atomic E-state index is 6.81. The van der Waals surface area contributed by atoms with Crippen LogP contribution in [0.1, 0.15) is 182 Å². The molecule has 0 rings (SSSR count). The summed E-state index contributed by atoms with van der Waals surface area (Å²) in [6.07, 6.45) is 30.0. The highest BCUT2D eigenvalue weighted by Gasteiger charge is 2.43. The number of nitrogens with two attached hydrogens (primary N) is 1. The molecule has 0 aromatic rings. The Morgan fingerprint density at radius 2 is 0.714 bits per heavy atom. The van der Waals surface area contributed by atoms with Gasteiger partial charge in [0.05, 0.1) is 13.2 Å². The average molecular weight is 498 g/mol. The fourth-order valence-electron chi connectivity index (χ4n) is 4.85. The van der Waals surface area contributed by atoms with E-state index in [2.05, 4.69) is 34.6 Å². The lowest BCUT2D eigenvalue weighted by molar-refractivity contribution is -0.292. The molecule has 0 atom stereocenters. The summed E-state index contributed by atoms with van der Waals surface area (Å²) >= 11 is 0. The van der Waals surface area contributed by atoms with Crippen LogP contribution in [-0.4, -0.2) is 19.1 Å². The zero-order valence-electron chi connectivity index (χ0n) is 25.1. The van der Waals surface area contributed by atoms with E-state index in [0.29, 0.717) is 13.2 Å². The van der Waals surface area contributed by atoms with Gasteiger partial charge in [-0.15, -0.1) is 0 Å². The van der Waals surface area contributed by atoms with Crippen molar-refractivity contribution in [3.05, 3.63) is 0 Å². The molecule has 2 N–H and O–H groups in total. The van der Waals surface area contributed by atoms with Gasteiger partial charge in [0.1, 0.15) is 0 Å². The number of hydrogen-bond donors (Lipinski definition) is 1. The molecule has 212 valence electrons. The molecule has 35 heavy (non-hydrogen) atoms. The lowest BCUT2D eigenvalue weighted by Crippen LogP contribution is -2.57. The van der Waals surface area contributed by atoms with Crippen LogP contribution in [0.4, 0.5) is 0 Å². The number of rotatable bonds is 28. The largest absolute Gasteiger partial charge is 0.337 e. The molecule has 0 unspecified atom stereocenters. The average Bonchev–Trinajstić information content (AvgIpc) is 2.84. The summed E-state index contributed by atoms with van der Waals surface area (Å²) in [6.45, 7) is 12.7. The first-order valence-electron chi connectivity index (χ1n) is 16.0. The van der Waals surface area contributed by atoms with E-state index in [0.717, 1.165) is 25.7 Å². The summed E-state index contributed by atoms with van der Waals surface area (Å²) in [5.74, 6) is -0.972. The third-order valence-corrected chi connectivity index (χ3v) is 7.73. The molecule has 0 aromatic heterocycles. The molecule has 0 spiro atoms. The molecular weight excluding hydrogens is 430 g/mol. The van der Waals surface area contributed by atoms with Gasteiger partial charge in [-0.05, 0) is 19.3 Å². The van der Waals surface area contributed by atoms with Gasteiger partial charge in [0.15, 0.2) is 0 Å². The van der Waals surface area contributed by atoms with E-state index >= 15 is 0 Å². The van der Waals surface area contributed by atoms with Crippen molar-refractivity contribution in [2.45, 2.75) is 188 Å². The van der Waals surface area contributed by atoms with E-state index in [1.54, 1.807) is 0 Å². The van der Waals surface area contributed by atoms with Crippen molar-refractivity contribution in [3.8, 4) is 0 Å². The molecule has 0 saturated heterocycles. The zero-order chi connectivity index (χ0) is 26.1. The van der Waals surface area contributed by atoms with Crippen LogP contribution >= 0.6 is 0 Å². The predicted molar refractivity (Wildman–Crippen MR) is 156 cm³/mol. The minimum absolute atomic E-state index is 0.181. The SMILES string of the molecule is CCCCCCCCCCCCOC(N)(OCCCCCCCCCCCC)C(C)(C)CCCC. The van der Waals surface area contributed by atoms with Gasteiger partial charge < -0.3 is 9.47 Å². The van der Waals surface area contributed by atoms with Crippen molar-refractivity contribution in [2.75, 3.05) is 13.2 Å². The molecular formula is C32H67NO2. The van der Waals surface area contributed by atoms with Crippen LogP contribution in [0.25, 0.3) is 0 Å². The molecule has 0 aliphatic rings. The maximum atomic E-state index is 6.81. The first kappa shape index (κ1) is 34.9. The van der Waals surface area contributed by atoms with Crippen LogP contribution in [0.5, 0.6) is 0 Å². The number of unbranched alkanes of at least 4 members (excludes halogenated alkanes) is 19. The first-order chi connectivity index (χ1) is 16.9. The van der Waals surface area contributed by atoms with Gasteiger partial charge in [0.25, 0.3) is 0 Å². The minimum Gasteiger partial charge on any atom is -0.337 e. The Labute approximate surface area is 222 Å². The fourth-order valence-corrected chi connectivity index (χ4v) is 4.85. The molecule has 3 heteroatoms. The molecule has 0 heterocycles. The molecule has 0 bridgehead atoms. The van der Waals surface area contributed by atoms with E-state index in [1.165, 1.54) is 122 Å². The zero-order valence-corrected chi connectivity index (χ0v) is 25.1. The standard InChI is InChI=1S/C32H67NO2/c1-6-9-12-14-16-18-20-22-24-26-29-34-32(33,31(4,5)28-11-8-3)35-30-27-25-23-21-19-17-15-13-10-7-2/h6-30,33H2,1-5H3. The van der Waals surface area contributed by atoms with Crippen LogP contribution in [-0.2, 0) is 9.47 Å².